The van der Waals surface area contributed by atoms with Crippen LogP contribution in [0.3, 0.4) is 0 Å². The van der Waals surface area contributed by atoms with E-state index in [4.69, 9.17) is 18.5 Å². The number of rotatable bonds is 37. The van der Waals surface area contributed by atoms with Gasteiger partial charge >= 0.3 is 11.9 Å². The summed E-state index contributed by atoms with van der Waals surface area (Å²) in [7, 11) is 1.02. The minimum atomic E-state index is -4.68. The van der Waals surface area contributed by atoms with Gasteiger partial charge in [-0.1, -0.05) is 131 Å². The minimum Gasteiger partial charge on any atom is -0.756 e. The van der Waals surface area contributed by atoms with E-state index in [1.165, 1.54) is 38.5 Å². The predicted octanol–water partition coefficient (Wildman–Crippen LogP) is 10.4. The molecular formula is C46H78NO9P. The van der Waals surface area contributed by atoms with Crippen LogP contribution in [0.25, 0.3) is 0 Å². The second-order valence-electron chi connectivity index (χ2n) is 15.2. The highest BCUT2D eigenvalue weighted by Gasteiger charge is 2.21. The predicted molar refractivity (Wildman–Crippen MR) is 232 cm³/mol. The van der Waals surface area contributed by atoms with Crippen molar-refractivity contribution >= 4 is 19.8 Å². The molecular weight excluding hydrogens is 741 g/mol. The van der Waals surface area contributed by atoms with Crippen molar-refractivity contribution in [2.75, 3.05) is 47.5 Å². The van der Waals surface area contributed by atoms with Crippen molar-refractivity contribution in [1.29, 1.82) is 0 Å². The number of phosphoric ester groups is 1. The van der Waals surface area contributed by atoms with E-state index in [1.54, 1.807) is 12.2 Å². The van der Waals surface area contributed by atoms with Gasteiger partial charge in [-0.2, -0.15) is 0 Å². The first-order valence-corrected chi connectivity index (χ1v) is 22.9. The lowest BCUT2D eigenvalue weighted by Gasteiger charge is -2.28. The van der Waals surface area contributed by atoms with E-state index < -0.39 is 38.6 Å². The molecule has 0 aliphatic rings. The van der Waals surface area contributed by atoms with Crippen LogP contribution in [0.1, 0.15) is 136 Å². The van der Waals surface area contributed by atoms with Gasteiger partial charge < -0.3 is 33.0 Å². The number of carbonyl (C=O) groups excluding carboxylic acids is 2. The van der Waals surface area contributed by atoms with Crippen molar-refractivity contribution in [2.45, 2.75) is 148 Å². The summed E-state index contributed by atoms with van der Waals surface area (Å²) in [5.74, 6) is -1.09. The summed E-state index contributed by atoms with van der Waals surface area (Å²) in [6, 6.07) is 0. The van der Waals surface area contributed by atoms with Crippen LogP contribution in [0.15, 0.2) is 85.1 Å². The van der Waals surface area contributed by atoms with E-state index in [0.29, 0.717) is 30.3 Å². The quantitative estimate of drug-likeness (QED) is 0.0162. The molecule has 0 saturated heterocycles. The molecule has 0 aromatic rings. The molecule has 3 atom stereocenters. The summed E-state index contributed by atoms with van der Waals surface area (Å²) < 4.78 is 33.6. The Labute approximate surface area is 346 Å². The van der Waals surface area contributed by atoms with E-state index in [-0.39, 0.29) is 26.1 Å². The monoisotopic (exact) mass is 820 g/mol. The molecule has 0 bridgehead atoms. The molecule has 0 heterocycles. The zero-order valence-corrected chi connectivity index (χ0v) is 37.0. The van der Waals surface area contributed by atoms with Gasteiger partial charge in [-0.25, -0.2) is 0 Å². The highest BCUT2D eigenvalue weighted by atomic mass is 31.2. The minimum absolute atomic E-state index is 0.0389. The maximum atomic E-state index is 12.6. The summed E-state index contributed by atoms with van der Waals surface area (Å²) in [6.07, 6.45) is 43.7. The van der Waals surface area contributed by atoms with Crippen molar-refractivity contribution in [3.63, 3.8) is 0 Å². The number of carbonyl (C=O) groups is 2. The number of hydrogen-bond donors (Lipinski definition) is 1. The average Bonchev–Trinajstić information content (AvgIpc) is 3.15. The molecule has 0 aliphatic carbocycles. The van der Waals surface area contributed by atoms with Gasteiger partial charge in [0, 0.05) is 12.8 Å². The highest BCUT2D eigenvalue weighted by Crippen LogP contribution is 2.38. The number of aliphatic hydroxyl groups is 1. The Balaban J connectivity index is 4.65. The van der Waals surface area contributed by atoms with Gasteiger partial charge in [-0.15, -0.1) is 0 Å². The molecule has 57 heavy (non-hydrogen) atoms. The van der Waals surface area contributed by atoms with Crippen LogP contribution in [-0.4, -0.2) is 81.2 Å². The molecule has 0 fully saturated rings. The van der Waals surface area contributed by atoms with E-state index >= 15 is 0 Å². The number of esters is 2. The maximum Gasteiger partial charge on any atom is 0.306 e. The van der Waals surface area contributed by atoms with E-state index in [1.807, 2.05) is 33.3 Å². The third-order valence-electron chi connectivity index (χ3n) is 8.50. The van der Waals surface area contributed by atoms with Crippen LogP contribution in [0.4, 0.5) is 0 Å². The first-order chi connectivity index (χ1) is 27.4. The molecule has 0 amide bonds. The van der Waals surface area contributed by atoms with Crippen LogP contribution in [-0.2, 0) is 32.7 Å². The molecule has 0 spiro atoms. The number of allylic oxidation sites excluding steroid dienone is 13. The molecule has 0 rings (SSSR count). The molecule has 11 heteroatoms. The number of likely N-dealkylation sites (N-methyl/N-ethyl adjacent to an activating group) is 1. The van der Waals surface area contributed by atoms with Crippen LogP contribution in [0, 0.1) is 0 Å². The Hall–Kier alpha value is -2.85. The van der Waals surface area contributed by atoms with Gasteiger partial charge in [0.2, 0.25) is 0 Å². The second kappa shape index (κ2) is 37.4. The summed E-state index contributed by atoms with van der Waals surface area (Å²) in [6.45, 7) is 3.80. The van der Waals surface area contributed by atoms with Crippen molar-refractivity contribution in [2.24, 2.45) is 0 Å². The largest absolute Gasteiger partial charge is 0.756 e. The van der Waals surface area contributed by atoms with Crippen molar-refractivity contribution in [3.8, 4) is 0 Å². The molecule has 0 radical (unpaired) electrons. The summed E-state index contributed by atoms with van der Waals surface area (Å²) in [4.78, 5) is 37.5. The van der Waals surface area contributed by atoms with Crippen molar-refractivity contribution < 1.29 is 47.2 Å². The molecule has 2 unspecified atom stereocenters. The maximum absolute atomic E-state index is 12.6. The molecule has 0 aromatic heterocycles. The lowest BCUT2D eigenvalue weighted by atomic mass is 10.1. The summed E-state index contributed by atoms with van der Waals surface area (Å²) in [5.41, 5.74) is 0. The molecule has 0 saturated carbocycles. The van der Waals surface area contributed by atoms with Gasteiger partial charge in [0.1, 0.15) is 19.8 Å². The fraction of sp³-hybridized carbons (Fsp3) is 0.652. The van der Waals surface area contributed by atoms with Crippen molar-refractivity contribution in [1.82, 2.24) is 0 Å². The van der Waals surface area contributed by atoms with Crippen LogP contribution in [0.2, 0.25) is 0 Å². The SMILES string of the molecule is CC/C=C\C/C=C\C/C=C\C/C=C\CCCCC(=O)O[C@H](COC(=O)CCCC(O)/C=C/C=C/C/C=C/CCCCCCCC)COP(=O)([O-])OCC[N+](C)(C)C. The van der Waals surface area contributed by atoms with E-state index in [2.05, 4.69) is 74.6 Å². The average molecular weight is 820 g/mol. The van der Waals surface area contributed by atoms with E-state index in [0.717, 1.165) is 51.4 Å². The zero-order chi connectivity index (χ0) is 42.3. The number of aliphatic hydroxyl groups excluding tert-OH is 1. The Morgan fingerprint density at radius 1 is 0.667 bits per heavy atom. The highest BCUT2D eigenvalue weighted by molar-refractivity contribution is 7.45. The van der Waals surface area contributed by atoms with Gasteiger partial charge in [-0.3, -0.25) is 14.2 Å². The molecule has 10 nitrogen and oxygen atoms in total. The number of ether oxygens (including phenoxy) is 2. The van der Waals surface area contributed by atoms with Gasteiger partial charge in [0.15, 0.2) is 6.10 Å². The third-order valence-corrected chi connectivity index (χ3v) is 9.47. The lowest BCUT2D eigenvalue weighted by Crippen LogP contribution is -2.37. The van der Waals surface area contributed by atoms with Gasteiger partial charge in [-0.05, 0) is 77.0 Å². The normalized spacial score (nSPS) is 15.0. The Kier molecular flexibility index (Phi) is 35.6. The number of hydrogen-bond acceptors (Lipinski definition) is 9. The fourth-order valence-electron chi connectivity index (χ4n) is 5.12. The molecule has 0 aromatic carbocycles. The number of unbranched alkanes of at least 4 members (excludes halogenated alkanes) is 8. The second-order valence-corrected chi connectivity index (χ2v) is 16.6. The zero-order valence-electron chi connectivity index (χ0n) is 36.1. The third kappa shape index (κ3) is 41.1. The number of phosphoric acid groups is 1. The molecule has 326 valence electrons. The first kappa shape index (κ1) is 54.2. The van der Waals surface area contributed by atoms with Crippen LogP contribution >= 0.6 is 7.82 Å². The Morgan fingerprint density at radius 2 is 1.23 bits per heavy atom. The molecule has 1 N–H and O–H groups in total. The van der Waals surface area contributed by atoms with Gasteiger partial charge in [0.05, 0.1) is 33.9 Å². The first-order valence-electron chi connectivity index (χ1n) is 21.4. The fourth-order valence-corrected chi connectivity index (χ4v) is 5.85. The number of nitrogens with zero attached hydrogens (tertiary/aromatic N) is 1. The van der Waals surface area contributed by atoms with E-state index in [9.17, 15) is 24.2 Å². The van der Waals surface area contributed by atoms with Crippen molar-refractivity contribution in [3.05, 3.63) is 85.1 Å². The van der Waals surface area contributed by atoms with Crippen LogP contribution in [0.5, 0.6) is 0 Å². The van der Waals surface area contributed by atoms with Gasteiger partial charge in [0.25, 0.3) is 7.82 Å². The van der Waals surface area contributed by atoms with Crippen LogP contribution < -0.4 is 4.89 Å². The summed E-state index contributed by atoms with van der Waals surface area (Å²) >= 11 is 0. The topological polar surface area (TPSA) is 131 Å². The summed E-state index contributed by atoms with van der Waals surface area (Å²) in [5, 5.41) is 10.3. The Morgan fingerprint density at radius 3 is 1.86 bits per heavy atom. The Bertz CT molecular complexity index is 1260. The lowest BCUT2D eigenvalue weighted by molar-refractivity contribution is -0.870. The standard InChI is InChI=1S/C46H78NO9P/c1-6-8-10-12-14-16-18-20-21-23-25-27-29-31-33-37-46(50)56-44(42-55-57(51,52)54-40-39-47(3,4)5)41-53-45(49)38-34-36-43(48)35-32-30-28-26-24-22-19-17-15-13-11-9-7-2/h8,10,14,16,20-22,24-25,27-28,30,32,35,43-44,48H,6-7,9,11-13,15,17-19,23,26,29,31,33-34,36-42H2,1-5H3/b10-8-,16-14-,21-20-,24-22+,27-25-,30-28+,35-32+/t43?,44-/m1/s1. The smallest absolute Gasteiger partial charge is 0.306 e. The number of quaternary nitrogens is 1. The molecule has 0 aliphatic heterocycles.